The van der Waals surface area contributed by atoms with Gasteiger partial charge >= 0.3 is 0 Å². The standard InChI is InChI=1S/C17H20O/c1-4-13(2)14-5-7-15(8-6-14)16-9-11-17(18-3)12-10-16/h5-13H,4H2,1-3H3/t13-/m0/s1. The van der Waals surface area contributed by atoms with Crippen molar-refractivity contribution in [1.82, 2.24) is 0 Å². The Labute approximate surface area is 109 Å². The van der Waals surface area contributed by atoms with Gasteiger partial charge in [0.25, 0.3) is 0 Å². The number of hydrogen-bond acceptors (Lipinski definition) is 1. The van der Waals surface area contributed by atoms with E-state index in [9.17, 15) is 0 Å². The van der Waals surface area contributed by atoms with Crippen LogP contribution in [-0.4, -0.2) is 7.11 Å². The molecule has 0 amide bonds. The minimum atomic E-state index is 0.634. The van der Waals surface area contributed by atoms with Gasteiger partial charge in [0.05, 0.1) is 7.11 Å². The molecule has 0 heterocycles. The summed E-state index contributed by atoms with van der Waals surface area (Å²) in [6.45, 7) is 4.49. The van der Waals surface area contributed by atoms with Crippen molar-refractivity contribution < 1.29 is 4.74 Å². The molecule has 0 saturated heterocycles. The van der Waals surface area contributed by atoms with Crippen LogP contribution in [0.5, 0.6) is 5.75 Å². The van der Waals surface area contributed by atoms with E-state index < -0.39 is 0 Å². The third kappa shape index (κ3) is 2.73. The maximum Gasteiger partial charge on any atom is 0.118 e. The minimum Gasteiger partial charge on any atom is -0.497 e. The van der Waals surface area contributed by atoms with E-state index in [1.807, 2.05) is 12.1 Å². The van der Waals surface area contributed by atoms with Gasteiger partial charge in [0, 0.05) is 0 Å². The molecule has 0 bridgehead atoms. The molecule has 2 aromatic rings. The molecule has 18 heavy (non-hydrogen) atoms. The van der Waals surface area contributed by atoms with Gasteiger partial charge in [-0.05, 0) is 41.2 Å². The van der Waals surface area contributed by atoms with Crippen molar-refractivity contribution in [2.24, 2.45) is 0 Å². The molecule has 2 rings (SSSR count). The summed E-state index contributed by atoms with van der Waals surface area (Å²) in [6, 6.07) is 17.0. The predicted octanol–water partition coefficient (Wildman–Crippen LogP) is 4.88. The van der Waals surface area contributed by atoms with Crippen molar-refractivity contribution in [2.45, 2.75) is 26.2 Å². The molecular weight excluding hydrogens is 220 g/mol. The Balaban J connectivity index is 2.22. The second kappa shape index (κ2) is 5.72. The average molecular weight is 240 g/mol. The van der Waals surface area contributed by atoms with Crippen LogP contribution in [0.15, 0.2) is 48.5 Å². The topological polar surface area (TPSA) is 9.23 Å². The monoisotopic (exact) mass is 240 g/mol. The first kappa shape index (κ1) is 12.7. The van der Waals surface area contributed by atoms with Gasteiger partial charge in [-0.1, -0.05) is 50.2 Å². The summed E-state index contributed by atoms with van der Waals surface area (Å²) in [5, 5.41) is 0. The van der Waals surface area contributed by atoms with Gasteiger partial charge in [-0.2, -0.15) is 0 Å². The molecule has 2 aromatic carbocycles. The molecule has 94 valence electrons. The summed E-state index contributed by atoms with van der Waals surface area (Å²) < 4.78 is 5.17. The molecule has 0 saturated carbocycles. The number of benzene rings is 2. The fourth-order valence-electron chi connectivity index (χ4n) is 2.02. The highest BCUT2D eigenvalue weighted by Crippen LogP contribution is 2.25. The summed E-state index contributed by atoms with van der Waals surface area (Å²) >= 11 is 0. The normalized spacial score (nSPS) is 12.2. The highest BCUT2D eigenvalue weighted by Gasteiger charge is 2.03. The fraction of sp³-hybridized carbons (Fsp3) is 0.294. The fourth-order valence-corrected chi connectivity index (χ4v) is 2.02. The van der Waals surface area contributed by atoms with E-state index in [0.29, 0.717) is 5.92 Å². The van der Waals surface area contributed by atoms with Gasteiger partial charge in [-0.25, -0.2) is 0 Å². The molecule has 0 radical (unpaired) electrons. The Morgan fingerprint density at radius 2 is 1.39 bits per heavy atom. The highest BCUT2D eigenvalue weighted by molar-refractivity contribution is 5.64. The first-order valence-electron chi connectivity index (χ1n) is 6.49. The molecule has 0 fully saturated rings. The molecule has 0 unspecified atom stereocenters. The maximum atomic E-state index is 5.17. The van der Waals surface area contributed by atoms with Crippen LogP contribution in [0.25, 0.3) is 11.1 Å². The third-order valence-corrected chi connectivity index (χ3v) is 3.52. The van der Waals surface area contributed by atoms with E-state index in [0.717, 1.165) is 5.75 Å². The zero-order chi connectivity index (χ0) is 13.0. The van der Waals surface area contributed by atoms with Gasteiger partial charge in [-0.3, -0.25) is 0 Å². The number of rotatable bonds is 4. The molecule has 0 aliphatic rings. The Morgan fingerprint density at radius 3 is 1.83 bits per heavy atom. The quantitative estimate of drug-likeness (QED) is 0.740. The summed E-state index contributed by atoms with van der Waals surface area (Å²) in [4.78, 5) is 0. The number of hydrogen-bond donors (Lipinski definition) is 0. The Hall–Kier alpha value is -1.76. The van der Waals surface area contributed by atoms with Crippen molar-refractivity contribution in [3.63, 3.8) is 0 Å². The molecule has 1 nitrogen and oxygen atoms in total. The van der Waals surface area contributed by atoms with E-state index in [1.165, 1.54) is 23.1 Å². The van der Waals surface area contributed by atoms with E-state index in [1.54, 1.807) is 7.11 Å². The van der Waals surface area contributed by atoms with Crippen molar-refractivity contribution in [3.05, 3.63) is 54.1 Å². The van der Waals surface area contributed by atoms with Crippen LogP contribution < -0.4 is 4.74 Å². The van der Waals surface area contributed by atoms with Crippen LogP contribution in [0, 0.1) is 0 Å². The van der Waals surface area contributed by atoms with Gasteiger partial charge in [0.1, 0.15) is 5.75 Å². The zero-order valence-corrected chi connectivity index (χ0v) is 11.3. The van der Waals surface area contributed by atoms with Crippen molar-refractivity contribution >= 4 is 0 Å². The first-order valence-corrected chi connectivity index (χ1v) is 6.49. The molecular formula is C17H20O. The van der Waals surface area contributed by atoms with Crippen molar-refractivity contribution in [1.29, 1.82) is 0 Å². The van der Waals surface area contributed by atoms with Crippen LogP contribution in [0.3, 0.4) is 0 Å². The second-order valence-electron chi connectivity index (χ2n) is 4.66. The lowest BCUT2D eigenvalue weighted by atomic mass is 9.96. The van der Waals surface area contributed by atoms with Gasteiger partial charge < -0.3 is 4.74 Å². The smallest absolute Gasteiger partial charge is 0.118 e. The molecule has 0 aliphatic heterocycles. The molecule has 0 aromatic heterocycles. The van der Waals surface area contributed by atoms with E-state index in [-0.39, 0.29) is 0 Å². The summed E-state index contributed by atoms with van der Waals surface area (Å²) in [5.74, 6) is 1.53. The number of methoxy groups -OCH3 is 1. The van der Waals surface area contributed by atoms with Crippen LogP contribution >= 0.6 is 0 Å². The Bertz CT molecular complexity index is 482. The SMILES string of the molecule is CC[C@H](C)c1ccc(-c2ccc(OC)cc2)cc1. The summed E-state index contributed by atoms with van der Waals surface area (Å²) in [6.07, 6.45) is 1.18. The number of ether oxygens (including phenoxy) is 1. The molecule has 0 spiro atoms. The summed E-state index contributed by atoms with van der Waals surface area (Å²) in [5.41, 5.74) is 3.89. The Kier molecular flexibility index (Phi) is 4.03. The first-order chi connectivity index (χ1) is 8.74. The maximum absolute atomic E-state index is 5.17. The van der Waals surface area contributed by atoms with Crippen LogP contribution in [0.4, 0.5) is 0 Å². The van der Waals surface area contributed by atoms with Gasteiger partial charge in [0.2, 0.25) is 0 Å². The van der Waals surface area contributed by atoms with Crippen molar-refractivity contribution in [2.75, 3.05) is 7.11 Å². The van der Waals surface area contributed by atoms with Gasteiger partial charge in [-0.15, -0.1) is 0 Å². The molecule has 0 aliphatic carbocycles. The lowest BCUT2D eigenvalue weighted by molar-refractivity contribution is 0.415. The lowest BCUT2D eigenvalue weighted by Crippen LogP contribution is -1.90. The highest BCUT2D eigenvalue weighted by atomic mass is 16.5. The molecule has 1 heteroatoms. The second-order valence-corrected chi connectivity index (χ2v) is 4.66. The van der Waals surface area contributed by atoms with Crippen LogP contribution in [0.1, 0.15) is 31.7 Å². The molecule has 0 N–H and O–H groups in total. The average Bonchev–Trinajstić information content (AvgIpc) is 2.47. The van der Waals surface area contributed by atoms with E-state index >= 15 is 0 Å². The third-order valence-electron chi connectivity index (χ3n) is 3.52. The zero-order valence-electron chi connectivity index (χ0n) is 11.3. The summed E-state index contributed by atoms with van der Waals surface area (Å²) in [7, 11) is 1.69. The molecule has 1 atom stereocenters. The Morgan fingerprint density at radius 1 is 0.889 bits per heavy atom. The van der Waals surface area contributed by atoms with Gasteiger partial charge in [0.15, 0.2) is 0 Å². The van der Waals surface area contributed by atoms with Crippen LogP contribution in [0.2, 0.25) is 0 Å². The van der Waals surface area contributed by atoms with Crippen LogP contribution in [-0.2, 0) is 0 Å². The largest absolute Gasteiger partial charge is 0.497 e. The van der Waals surface area contributed by atoms with E-state index in [4.69, 9.17) is 4.74 Å². The van der Waals surface area contributed by atoms with E-state index in [2.05, 4.69) is 50.2 Å². The predicted molar refractivity (Wildman–Crippen MR) is 77.1 cm³/mol. The van der Waals surface area contributed by atoms with Crippen molar-refractivity contribution in [3.8, 4) is 16.9 Å². The lowest BCUT2D eigenvalue weighted by Gasteiger charge is -2.10. The minimum absolute atomic E-state index is 0.634.